The van der Waals surface area contributed by atoms with Crippen molar-refractivity contribution in [3.8, 4) is 17.2 Å². The number of fused-ring (bicyclic) bond motifs is 6. The molecular weight excluding hydrogens is 1020 g/mol. The van der Waals surface area contributed by atoms with Crippen LogP contribution in [0.15, 0.2) is 91.0 Å². The number of rotatable bonds is 18. The summed E-state index contributed by atoms with van der Waals surface area (Å²) in [5.41, 5.74) is 9.11. The molecule has 4 aliphatic rings. The summed E-state index contributed by atoms with van der Waals surface area (Å²) >= 11 is 4.49. The van der Waals surface area contributed by atoms with Gasteiger partial charge in [-0.15, -0.1) is 0 Å². The number of hydrogen-bond acceptors (Lipinski definition) is 12. The van der Waals surface area contributed by atoms with Crippen LogP contribution in [0.2, 0.25) is 0 Å². The molecule has 5 atom stereocenters. The Morgan fingerprint density at radius 1 is 0.740 bits per heavy atom. The number of nitrogens with zero attached hydrogens (tertiary/aromatic N) is 2. The maximum absolute atomic E-state index is 14.4. The average Bonchev–Trinajstić information content (AvgIpc) is 3.76. The van der Waals surface area contributed by atoms with Crippen LogP contribution in [0.4, 0.5) is 5.69 Å². The first-order valence-corrected chi connectivity index (χ1v) is 28.2. The average molecular weight is 1090 g/mol. The van der Waals surface area contributed by atoms with Crippen molar-refractivity contribution in [2.45, 2.75) is 140 Å². The number of carbonyl (C=O) groups is 5. The van der Waals surface area contributed by atoms with Crippen molar-refractivity contribution in [1.29, 1.82) is 0 Å². The summed E-state index contributed by atoms with van der Waals surface area (Å²) in [6, 6.07) is 27.2. The molecule has 0 fully saturated rings. The molecule has 9 rings (SSSR count). The van der Waals surface area contributed by atoms with E-state index in [1.165, 1.54) is 12.7 Å². The first-order chi connectivity index (χ1) is 36.7. The fraction of sp³-hybridized carbons (Fsp3) is 0.417. The number of Topliss-reactive ketones (excluding diaryl/α,β-unsaturated/α-hetero) is 1. The first-order valence-electron chi connectivity index (χ1n) is 26.3. The highest BCUT2D eigenvalue weighted by atomic mass is 32.2. The monoisotopic (exact) mass is 1080 g/mol. The van der Waals surface area contributed by atoms with Crippen LogP contribution in [0, 0.1) is 12.8 Å². The van der Waals surface area contributed by atoms with Crippen LogP contribution in [-0.4, -0.2) is 90.0 Å². The van der Waals surface area contributed by atoms with E-state index < -0.39 is 39.3 Å². The fourth-order valence-corrected chi connectivity index (χ4v) is 12.5. The molecule has 0 radical (unpaired) electrons. The number of anilines is 1. The molecule has 4 heterocycles. The van der Waals surface area contributed by atoms with E-state index in [9.17, 15) is 32.4 Å². The topological polar surface area (TPSA) is 187 Å². The number of ether oxygens (including phenoxy) is 3. The van der Waals surface area contributed by atoms with Crippen LogP contribution in [0.1, 0.15) is 124 Å². The number of benzene rings is 5. The zero-order valence-corrected chi connectivity index (χ0v) is 46.5. The van der Waals surface area contributed by atoms with Gasteiger partial charge in [-0.1, -0.05) is 69.3 Å². The predicted molar refractivity (Wildman–Crippen MR) is 296 cm³/mol. The number of methoxy groups -OCH3 is 1. The summed E-state index contributed by atoms with van der Waals surface area (Å²) in [6.07, 6.45) is 3.25. The molecule has 0 aliphatic carbocycles. The Bertz CT molecular complexity index is 3240. The third-order valence-electron chi connectivity index (χ3n) is 15.5. The standard InChI is InChI=1S/C60H68N4O11S2/c1-35-20-48-45(29-55(77(70,71)73-7)50-26-41-13-9-11-15-44(41)32-64(50)59(48)69)28-52(35)74-33-38-22-39(24-46(23-38)62-57(67)36(2)21-51(65)37(3)61-56(66)18-19-60(4,5)76)34-75-54-27-42-16-17-47-25-40-12-8-10-14-43(40)31-63(47)58(68)49(42)30-53(54)72-6/h8-15,20,22-24,27-28,30,36-37,47,50,55,76H,16-19,21,25-26,29,31-34H2,1-7H3,(H,61,66)(H,62,67)/t36-,37+,47-,50+,55?/m1/s1. The van der Waals surface area contributed by atoms with Gasteiger partial charge < -0.3 is 34.6 Å². The van der Waals surface area contributed by atoms with E-state index in [1.54, 1.807) is 49.1 Å². The molecule has 17 heteroatoms. The Kier molecular flexibility index (Phi) is 16.3. The molecule has 0 aromatic heterocycles. The number of ketones is 1. The third kappa shape index (κ3) is 12.4. The normalized spacial score (nSPS) is 18.6. The van der Waals surface area contributed by atoms with Gasteiger partial charge in [-0.25, -0.2) is 0 Å². The van der Waals surface area contributed by atoms with Gasteiger partial charge in [0.1, 0.15) is 24.2 Å². The summed E-state index contributed by atoms with van der Waals surface area (Å²) < 4.78 is 51.0. The Labute approximate surface area is 456 Å². The van der Waals surface area contributed by atoms with Gasteiger partial charge in [-0.2, -0.15) is 21.0 Å². The second-order valence-electron chi connectivity index (χ2n) is 21.7. The minimum absolute atomic E-state index is 0.00436. The second kappa shape index (κ2) is 22.7. The lowest BCUT2D eigenvalue weighted by molar-refractivity contribution is -0.129. The van der Waals surface area contributed by atoms with Crippen LogP contribution in [0.3, 0.4) is 0 Å². The zero-order valence-electron chi connectivity index (χ0n) is 44.8. The molecule has 0 saturated heterocycles. The van der Waals surface area contributed by atoms with Gasteiger partial charge in [0.2, 0.25) is 11.8 Å². The number of amides is 4. The predicted octanol–water partition coefficient (Wildman–Crippen LogP) is 8.67. The lowest BCUT2D eigenvalue weighted by Gasteiger charge is -2.38. The number of thiol groups is 1. The largest absolute Gasteiger partial charge is 0.493 e. The first kappa shape index (κ1) is 55.1. The molecule has 2 N–H and O–H groups in total. The van der Waals surface area contributed by atoms with Crippen LogP contribution in [-0.2, 0) is 80.7 Å². The highest BCUT2D eigenvalue weighted by Gasteiger charge is 2.45. The minimum atomic E-state index is -4.11. The van der Waals surface area contributed by atoms with E-state index >= 15 is 0 Å². The molecular formula is C60H68N4O11S2. The number of carbonyl (C=O) groups excluding carboxylic acids is 5. The van der Waals surface area contributed by atoms with Gasteiger partial charge in [0.15, 0.2) is 17.3 Å². The Morgan fingerprint density at radius 3 is 1.99 bits per heavy atom. The van der Waals surface area contributed by atoms with Crippen molar-refractivity contribution in [3.63, 3.8) is 0 Å². The van der Waals surface area contributed by atoms with Crippen LogP contribution >= 0.6 is 12.6 Å². The lowest BCUT2D eigenvalue weighted by Crippen LogP contribution is -2.52. The molecule has 0 saturated carbocycles. The summed E-state index contributed by atoms with van der Waals surface area (Å²) in [6.45, 7) is 9.75. The van der Waals surface area contributed by atoms with Crippen LogP contribution in [0.25, 0.3) is 0 Å². The molecule has 4 amide bonds. The fourth-order valence-electron chi connectivity index (χ4n) is 11.1. The quantitative estimate of drug-likeness (QED) is 0.0563. The van der Waals surface area contributed by atoms with Crippen LogP contribution in [0.5, 0.6) is 17.2 Å². The van der Waals surface area contributed by atoms with E-state index in [0.29, 0.717) is 82.1 Å². The van der Waals surface area contributed by atoms with Crippen molar-refractivity contribution >= 4 is 57.8 Å². The molecule has 5 aromatic carbocycles. The molecule has 1 unspecified atom stereocenters. The van der Waals surface area contributed by atoms with E-state index in [0.717, 1.165) is 42.2 Å². The van der Waals surface area contributed by atoms with E-state index in [4.69, 9.17) is 18.4 Å². The number of hydrogen-bond donors (Lipinski definition) is 3. The SMILES string of the molecule is COc1cc2c(cc1OCc1cc(COc3cc4c(cc3C)C(=O)N3Cc5ccccc5C[C@H]3C(S(=O)(=O)OC)C4)cc(NC(=O)[C@H](C)CC(=O)[C@H](C)NC(=O)CCC(C)(C)S)c1)CC[C@@H]1Cc3ccccc3CN1C2=O. The zero-order chi connectivity index (χ0) is 54.9. The summed E-state index contributed by atoms with van der Waals surface area (Å²) in [5.74, 6) is -0.759. The van der Waals surface area contributed by atoms with Gasteiger partial charge in [-0.3, -0.25) is 28.2 Å². The van der Waals surface area contributed by atoms with Gasteiger partial charge in [0, 0.05) is 59.5 Å². The Balaban J connectivity index is 0.965. The van der Waals surface area contributed by atoms with Crippen molar-refractivity contribution in [3.05, 3.63) is 152 Å². The maximum Gasteiger partial charge on any atom is 0.272 e. The van der Waals surface area contributed by atoms with Crippen molar-refractivity contribution in [1.82, 2.24) is 15.1 Å². The molecule has 406 valence electrons. The molecule has 15 nitrogen and oxygen atoms in total. The van der Waals surface area contributed by atoms with Gasteiger partial charge in [-0.05, 0) is 145 Å². The molecule has 4 aliphatic heterocycles. The van der Waals surface area contributed by atoms with Crippen LogP contribution < -0.4 is 24.8 Å². The summed E-state index contributed by atoms with van der Waals surface area (Å²) in [4.78, 5) is 72.0. The second-order valence-corrected chi connectivity index (χ2v) is 24.8. The highest BCUT2D eigenvalue weighted by molar-refractivity contribution is 7.87. The van der Waals surface area contributed by atoms with Crippen molar-refractivity contribution in [2.24, 2.45) is 5.92 Å². The van der Waals surface area contributed by atoms with Gasteiger partial charge in [0.25, 0.3) is 21.9 Å². The Morgan fingerprint density at radius 2 is 1.34 bits per heavy atom. The summed E-state index contributed by atoms with van der Waals surface area (Å²) in [7, 11) is -1.42. The Hall–Kier alpha value is -6.69. The van der Waals surface area contributed by atoms with Crippen molar-refractivity contribution in [2.75, 3.05) is 19.5 Å². The van der Waals surface area contributed by atoms with Crippen molar-refractivity contribution < 1.29 is 50.8 Å². The minimum Gasteiger partial charge on any atom is -0.493 e. The molecule has 5 aromatic rings. The molecule has 0 spiro atoms. The summed E-state index contributed by atoms with van der Waals surface area (Å²) in [5, 5.41) is 4.70. The number of nitrogens with one attached hydrogen (secondary N) is 2. The van der Waals surface area contributed by atoms with E-state index in [-0.39, 0.29) is 73.3 Å². The lowest BCUT2D eigenvalue weighted by atomic mass is 9.91. The maximum atomic E-state index is 14.4. The van der Waals surface area contributed by atoms with Gasteiger partial charge >= 0.3 is 0 Å². The molecule has 0 bridgehead atoms. The smallest absolute Gasteiger partial charge is 0.272 e. The number of aryl methyl sites for hydroxylation is 2. The van der Waals surface area contributed by atoms with E-state index in [1.807, 2.05) is 74.2 Å². The third-order valence-corrected chi connectivity index (χ3v) is 17.4. The van der Waals surface area contributed by atoms with Gasteiger partial charge in [0.05, 0.1) is 26.3 Å². The highest BCUT2D eigenvalue weighted by Crippen LogP contribution is 2.39. The molecule has 77 heavy (non-hydrogen) atoms. The van der Waals surface area contributed by atoms with E-state index in [2.05, 4.69) is 35.4 Å².